The molecule has 0 fully saturated rings. The average Bonchev–Trinajstić information content (AvgIpc) is 3.43. The molecular weight excluding hydrogens is 472 g/mol. The minimum absolute atomic E-state index is 0.0165. The first-order valence-electron chi connectivity index (χ1n) is 11.5. The maximum atomic E-state index is 16.1. The lowest BCUT2D eigenvalue weighted by Crippen LogP contribution is -2.28. The van der Waals surface area contributed by atoms with Gasteiger partial charge in [0.2, 0.25) is 0 Å². The molecule has 2 aromatic carbocycles. The van der Waals surface area contributed by atoms with E-state index < -0.39 is 39.5 Å². The van der Waals surface area contributed by atoms with Gasteiger partial charge in [0, 0.05) is 28.2 Å². The lowest BCUT2D eigenvalue weighted by molar-refractivity contribution is 0.447. The highest BCUT2D eigenvalue weighted by Crippen LogP contribution is 2.42. The van der Waals surface area contributed by atoms with Crippen molar-refractivity contribution >= 4 is 0 Å². The fraction of sp³-hybridized carbons (Fsp3) is 0.385. The molecule has 188 valence electrons. The van der Waals surface area contributed by atoms with Crippen molar-refractivity contribution in [1.82, 2.24) is 29.5 Å². The van der Waals surface area contributed by atoms with Gasteiger partial charge in [-0.2, -0.15) is 10.2 Å². The molecule has 0 N–H and O–H groups in total. The van der Waals surface area contributed by atoms with Gasteiger partial charge in [-0.15, -0.1) is 0 Å². The number of nitrogens with zero attached hydrogens (tertiary/aromatic N) is 6. The number of hydrogen-bond donors (Lipinski definition) is 0. The van der Waals surface area contributed by atoms with E-state index >= 15 is 13.2 Å². The third-order valence-corrected chi connectivity index (χ3v) is 6.91. The lowest BCUT2D eigenvalue weighted by atomic mass is 9.74. The second kappa shape index (κ2) is 7.47. The summed E-state index contributed by atoms with van der Waals surface area (Å²) >= 11 is 0. The predicted octanol–water partition coefficient (Wildman–Crippen LogP) is 5.67. The molecule has 4 aromatic rings. The standard InChI is InChI=1S/C26H26F4N6/c1-24(2,3)19-20(29)14-9-18(21(19)30)36-12-32-23(34-36)26(6,7)22-31-11-35(33-22)17-8-13(25(14,4)5)15(27)10-16(17)28/h8-12H,1-7H3. The Morgan fingerprint density at radius 2 is 1.19 bits per heavy atom. The minimum atomic E-state index is -1.34. The Morgan fingerprint density at radius 3 is 1.75 bits per heavy atom. The molecule has 0 spiro atoms. The summed E-state index contributed by atoms with van der Waals surface area (Å²) in [5.74, 6) is -2.72. The Bertz CT molecular complexity index is 1520. The Kier molecular flexibility index (Phi) is 5.01. The summed E-state index contributed by atoms with van der Waals surface area (Å²) in [6.45, 7) is 11.9. The van der Waals surface area contributed by atoms with E-state index in [1.165, 1.54) is 34.2 Å². The molecular formula is C26H26F4N6. The van der Waals surface area contributed by atoms with Crippen molar-refractivity contribution in [3.63, 3.8) is 0 Å². The third-order valence-electron chi connectivity index (χ3n) is 6.91. The van der Waals surface area contributed by atoms with Crippen LogP contribution in [0.1, 0.15) is 76.8 Å². The molecule has 0 amide bonds. The van der Waals surface area contributed by atoms with Crippen LogP contribution in [0.4, 0.5) is 17.6 Å². The van der Waals surface area contributed by atoms with Crippen molar-refractivity contribution in [2.75, 3.05) is 0 Å². The van der Waals surface area contributed by atoms with Crippen LogP contribution in [-0.2, 0) is 16.2 Å². The molecule has 0 saturated heterocycles. The van der Waals surface area contributed by atoms with E-state index in [1.807, 2.05) is 0 Å². The van der Waals surface area contributed by atoms with Crippen molar-refractivity contribution in [1.29, 1.82) is 0 Å². The van der Waals surface area contributed by atoms with Gasteiger partial charge < -0.3 is 0 Å². The third kappa shape index (κ3) is 3.37. The van der Waals surface area contributed by atoms with Gasteiger partial charge in [-0.1, -0.05) is 34.6 Å². The number of rotatable bonds is 0. The van der Waals surface area contributed by atoms with Gasteiger partial charge in [0.15, 0.2) is 23.3 Å². The monoisotopic (exact) mass is 498 g/mol. The van der Waals surface area contributed by atoms with Crippen molar-refractivity contribution in [2.45, 2.75) is 64.7 Å². The van der Waals surface area contributed by atoms with E-state index in [-0.39, 0.29) is 33.9 Å². The zero-order valence-electron chi connectivity index (χ0n) is 21.1. The number of halogens is 4. The van der Waals surface area contributed by atoms with Crippen LogP contribution in [0.25, 0.3) is 11.4 Å². The van der Waals surface area contributed by atoms with Crippen LogP contribution in [-0.4, -0.2) is 29.5 Å². The normalized spacial score (nSPS) is 16.1. The van der Waals surface area contributed by atoms with Crippen molar-refractivity contribution in [3.05, 3.63) is 82.5 Å². The van der Waals surface area contributed by atoms with E-state index in [2.05, 4.69) is 20.2 Å². The summed E-state index contributed by atoms with van der Waals surface area (Å²) in [6, 6.07) is 3.37. The Morgan fingerprint density at radius 1 is 0.667 bits per heavy atom. The van der Waals surface area contributed by atoms with Crippen LogP contribution in [0.5, 0.6) is 0 Å². The van der Waals surface area contributed by atoms with Gasteiger partial charge in [0.05, 0.1) is 5.41 Å². The van der Waals surface area contributed by atoms with Gasteiger partial charge in [-0.05, 0) is 31.4 Å². The molecule has 0 unspecified atom stereocenters. The van der Waals surface area contributed by atoms with E-state index in [4.69, 9.17) is 0 Å². The Labute approximate surface area is 206 Å². The molecule has 0 radical (unpaired) electrons. The smallest absolute Gasteiger partial charge is 0.164 e. The molecule has 6 nitrogen and oxygen atoms in total. The van der Waals surface area contributed by atoms with Gasteiger partial charge in [0.25, 0.3) is 0 Å². The molecule has 5 rings (SSSR count). The SMILES string of the molecule is CC(C)(C)c1c(F)c2cc(c1F)C(C)(C)c1cc(c(F)cc1F)-n1cnc(n1)C(C)(C)c1ncn-2n1. The zero-order chi connectivity index (χ0) is 26.4. The number of hydrogen-bond acceptors (Lipinski definition) is 4. The highest BCUT2D eigenvalue weighted by molar-refractivity contribution is 5.52. The van der Waals surface area contributed by atoms with E-state index in [1.54, 1.807) is 48.5 Å². The second-order valence-corrected chi connectivity index (χ2v) is 11.3. The summed E-state index contributed by atoms with van der Waals surface area (Å²) < 4.78 is 64.7. The summed E-state index contributed by atoms with van der Waals surface area (Å²) in [5.41, 5.74) is -3.40. The number of aromatic nitrogens is 6. The van der Waals surface area contributed by atoms with E-state index in [9.17, 15) is 4.39 Å². The van der Waals surface area contributed by atoms with Gasteiger partial charge in [-0.3, -0.25) is 0 Å². The maximum Gasteiger partial charge on any atom is 0.164 e. The number of benzene rings is 2. The molecule has 2 aromatic heterocycles. The largest absolute Gasteiger partial charge is 0.219 e. The van der Waals surface area contributed by atoms with Gasteiger partial charge in [-0.25, -0.2) is 36.9 Å². The first kappa shape index (κ1) is 24.1. The zero-order valence-corrected chi connectivity index (χ0v) is 21.1. The van der Waals surface area contributed by atoms with Crippen LogP contribution < -0.4 is 0 Å². The van der Waals surface area contributed by atoms with Gasteiger partial charge >= 0.3 is 0 Å². The van der Waals surface area contributed by atoms with Crippen molar-refractivity contribution < 1.29 is 17.6 Å². The summed E-state index contributed by atoms with van der Waals surface area (Å²) in [7, 11) is 0. The molecule has 0 atom stereocenters. The topological polar surface area (TPSA) is 61.4 Å². The van der Waals surface area contributed by atoms with Crippen LogP contribution in [0.2, 0.25) is 0 Å². The minimum Gasteiger partial charge on any atom is -0.219 e. The molecule has 36 heavy (non-hydrogen) atoms. The second-order valence-electron chi connectivity index (χ2n) is 11.3. The fourth-order valence-electron chi connectivity index (χ4n) is 4.67. The van der Waals surface area contributed by atoms with Gasteiger partial charge in [0.1, 0.15) is 35.7 Å². The summed E-state index contributed by atoms with van der Waals surface area (Å²) in [6.07, 6.45) is 2.66. The molecule has 3 heterocycles. The van der Waals surface area contributed by atoms with Crippen LogP contribution in [0.3, 0.4) is 0 Å². The van der Waals surface area contributed by atoms with Crippen LogP contribution >= 0.6 is 0 Å². The van der Waals surface area contributed by atoms with E-state index in [0.717, 1.165) is 6.07 Å². The molecule has 0 saturated carbocycles. The maximum absolute atomic E-state index is 16.1. The molecule has 10 heteroatoms. The first-order chi connectivity index (χ1) is 16.6. The van der Waals surface area contributed by atoms with Crippen molar-refractivity contribution in [3.8, 4) is 11.4 Å². The Hall–Kier alpha value is -3.56. The quantitative estimate of drug-likeness (QED) is 0.293. The molecule has 8 bridgehead atoms. The van der Waals surface area contributed by atoms with Crippen LogP contribution in [0, 0.1) is 23.3 Å². The molecule has 1 aliphatic rings. The summed E-state index contributed by atoms with van der Waals surface area (Å²) in [4.78, 5) is 8.68. The lowest BCUT2D eigenvalue weighted by Gasteiger charge is -2.31. The highest BCUT2D eigenvalue weighted by atomic mass is 19.1. The average molecular weight is 499 g/mol. The Balaban J connectivity index is 1.95. The van der Waals surface area contributed by atoms with Crippen LogP contribution in [0.15, 0.2) is 30.9 Å². The number of fused-ring (bicyclic) bond motifs is 10. The predicted molar refractivity (Wildman–Crippen MR) is 126 cm³/mol. The highest BCUT2D eigenvalue weighted by Gasteiger charge is 2.38. The van der Waals surface area contributed by atoms with E-state index in [0.29, 0.717) is 5.82 Å². The summed E-state index contributed by atoms with van der Waals surface area (Å²) in [5, 5.41) is 8.90. The molecule has 0 aliphatic carbocycles. The first-order valence-corrected chi connectivity index (χ1v) is 11.5. The molecule has 1 aliphatic heterocycles. The fourth-order valence-corrected chi connectivity index (χ4v) is 4.67. The van der Waals surface area contributed by atoms with Crippen molar-refractivity contribution in [2.24, 2.45) is 0 Å².